The zero-order valence-corrected chi connectivity index (χ0v) is 12.8. The minimum atomic E-state index is -0.741. The second-order valence-electron chi connectivity index (χ2n) is 5.49. The Morgan fingerprint density at radius 2 is 2.00 bits per heavy atom. The van der Waals surface area contributed by atoms with E-state index in [-0.39, 0.29) is 23.4 Å². The summed E-state index contributed by atoms with van der Waals surface area (Å²) in [6.45, 7) is 1.90. The van der Waals surface area contributed by atoms with Crippen LogP contribution in [0.3, 0.4) is 0 Å². The van der Waals surface area contributed by atoms with Crippen molar-refractivity contribution in [2.75, 3.05) is 4.90 Å². The predicted octanol–water partition coefficient (Wildman–Crippen LogP) is 3.46. The molecule has 0 fully saturated rings. The molecule has 0 radical (unpaired) electrons. The maximum absolute atomic E-state index is 14.2. The van der Waals surface area contributed by atoms with Gasteiger partial charge >= 0.3 is 0 Å². The third-order valence-electron chi connectivity index (χ3n) is 4.04. The second kappa shape index (κ2) is 5.71. The van der Waals surface area contributed by atoms with E-state index in [1.54, 1.807) is 11.0 Å². The van der Waals surface area contributed by atoms with Crippen LogP contribution in [0.2, 0.25) is 5.02 Å². The molecule has 0 aliphatic carbocycles. The van der Waals surface area contributed by atoms with Crippen LogP contribution in [0.1, 0.15) is 24.1 Å². The standard InChI is InChI=1S/C17H16ClFN2O/c1-10(11-5-3-2-4-6-11)21-16-8-12(18)7-14(19)13(16)9-15(20)17(21)22/h2-8,10,15H,9,20H2,1H3/t10-,15+/m0/s1. The molecule has 0 aromatic heterocycles. The van der Waals surface area contributed by atoms with Crippen molar-refractivity contribution < 1.29 is 9.18 Å². The lowest BCUT2D eigenvalue weighted by atomic mass is 9.94. The first kappa shape index (κ1) is 15.0. The molecular weight excluding hydrogens is 303 g/mol. The van der Waals surface area contributed by atoms with Gasteiger partial charge in [-0.3, -0.25) is 4.79 Å². The molecule has 2 aromatic carbocycles. The lowest BCUT2D eigenvalue weighted by molar-refractivity contribution is -0.120. The van der Waals surface area contributed by atoms with Crippen molar-refractivity contribution in [1.82, 2.24) is 0 Å². The third-order valence-corrected chi connectivity index (χ3v) is 4.26. The van der Waals surface area contributed by atoms with Gasteiger partial charge in [0.2, 0.25) is 5.91 Å². The van der Waals surface area contributed by atoms with Crippen molar-refractivity contribution in [3.63, 3.8) is 0 Å². The van der Waals surface area contributed by atoms with Gasteiger partial charge < -0.3 is 10.6 Å². The molecule has 2 atom stereocenters. The van der Waals surface area contributed by atoms with Crippen molar-refractivity contribution in [2.45, 2.75) is 25.4 Å². The number of nitrogens with zero attached hydrogens (tertiary/aromatic N) is 1. The summed E-state index contributed by atoms with van der Waals surface area (Å²) >= 11 is 5.97. The van der Waals surface area contributed by atoms with E-state index in [0.29, 0.717) is 11.3 Å². The van der Waals surface area contributed by atoms with Gasteiger partial charge in [0.15, 0.2) is 0 Å². The average molecular weight is 319 g/mol. The van der Waals surface area contributed by atoms with E-state index in [4.69, 9.17) is 17.3 Å². The maximum atomic E-state index is 14.2. The number of benzene rings is 2. The monoisotopic (exact) mass is 318 g/mol. The largest absolute Gasteiger partial charge is 0.320 e. The fourth-order valence-corrected chi connectivity index (χ4v) is 3.09. The molecule has 2 N–H and O–H groups in total. The summed E-state index contributed by atoms with van der Waals surface area (Å²) in [5.74, 6) is -0.638. The Kier molecular flexibility index (Phi) is 3.89. The Labute approximate surface area is 133 Å². The van der Waals surface area contributed by atoms with E-state index in [9.17, 15) is 9.18 Å². The number of carbonyl (C=O) groups excluding carboxylic acids is 1. The van der Waals surface area contributed by atoms with Crippen molar-refractivity contribution in [3.8, 4) is 0 Å². The first-order valence-corrected chi connectivity index (χ1v) is 7.48. The fourth-order valence-electron chi connectivity index (χ4n) is 2.89. The molecule has 0 unspecified atom stereocenters. The number of halogens is 2. The van der Waals surface area contributed by atoms with Gasteiger partial charge in [0.05, 0.1) is 17.8 Å². The van der Waals surface area contributed by atoms with Gasteiger partial charge in [-0.2, -0.15) is 0 Å². The van der Waals surface area contributed by atoms with E-state index in [1.807, 2.05) is 37.3 Å². The van der Waals surface area contributed by atoms with Gasteiger partial charge in [-0.05, 0) is 24.6 Å². The van der Waals surface area contributed by atoms with Crippen LogP contribution in [0.25, 0.3) is 0 Å². The van der Waals surface area contributed by atoms with Crippen LogP contribution in [0.4, 0.5) is 10.1 Å². The molecule has 2 aromatic rings. The highest BCUT2D eigenvalue weighted by molar-refractivity contribution is 6.31. The van der Waals surface area contributed by atoms with Gasteiger partial charge in [-0.1, -0.05) is 41.9 Å². The molecule has 0 bridgehead atoms. The number of rotatable bonds is 2. The van der Waals surface area contributed by atoms with Crippen molar-refractivity contribution in [3.05, 3.63) is 64.4 Å². The zero-order valence-electron chi connectivity index (χ0n) is 12.1. The Hall–Kier alpha value is -1.91. The number of hydrogen-bond acceptors (Lipinski definition) is 2. The Morgan fingerprint density at radius 3 is 2.68 bits per heavy atom. The smallest absolute Gasteiger partial charge is 0.244 e. The molecule has 1 aliphatic rings. The SMILES string of the molecule is C[C@@H](c1ccccc1)N1C(=O)[C@H](N)Cc2c(F)cc(Cl)cc21. The summed E-state index contributed by atoms with van der Waals surface area (Å²) in [7, 11) is 0. The highest BCUT2D eigenvalue weighted by Gasteiger charge is 2.35. The molecule has 1 heterocycles. The summed E-state index contributed by atoms with van der Waals surface area (Å²) in [6.07, 6.45) is 0.190. The molecule has 0 saturated heterocycles. The Morgan fingerprint density at radius 1 is 1.32 bits per heavy atom. The molecule has 22 heavy (non-hydrogen) atoms. The van der Waals surface area contributed by atoms with Crippen molar-refractivity contribution >= 4 is 23.2 Å². The van der Waals surface area contributed by atoms with Crippen molar-refractivity contribution in [2.24, 2.45) is 5.73 Å². The van der Waals surface area contributed by atoms with Gasteiger partial charge in [0, 0.05) is 17.0 Å². The van der Waals surface area contributed by atoms with E-state index >= 15 is 0 Å². The second-order valence-corrected chi connectivity index (χ2v) is 5.93. The Bertz CT molecular complexity index is 720. The molecule has 114 valence electrons. The molecule has 1 aliphatic heterocycles. The molecule has 5 heteroatoms. The highest BCUT2D eigenvalue weighted by Crippen LogP contribution is 2.37. The minimum absolute atomic E-state index is 0.190. The first-order chi connectivity index (χ1) is 10.5. The number of carbonyl (C=O) groups is 1. The quantitative estimate of drug-likeness (QED) is 0.921. The number of fused-ring (bicyclic) bond motifs is 1. The number of hydrogen-bond donors (Lipinski definition) is 1. The van der Waals surface area contributed by atoms with Crippen LogP contribution in [0, 0.1) is 5.82 Å². The summed E-state index contributed by atoms with van der Waals surface area (Å²) in [6, 6.07) is 11.5. The maximum Gasteiger partial charge on any atom is 0.244 e. The van der Waals surface area contributed by atoms with Crippen LogP contribution in [-0.2, 0) is 11.2 Å². The van der Waals surface area contributed by atoms with Crippen LogP contribution in [0.5, 0.6) is 0 Å². The zero-order chi connectivity index (χ0) is 15.9. The molecule has 0 saturated carbocycles. The van der Waals surface area contributed by atoms with Gasteiger partial charge in [0.1, 0.15) is 5.82 Å². The number of anilines is 1. The minimum Gasteiger partial charge on any atom is -0.320 e. The van der Waals surface area contributed by atoms with Gasteiger partial charge in [-0.25, -0.2) is 4.39 Å². The highest BCUT2D eigenvalue weighted by atomic mass is 35.5. The first-order valence-electron chi connectivity index (χ1n) is 7.10. The normalized spacial score (nSPS) is 19.0. The average Bonchev–Trinajstić information content (AvgIpc) is 2.50. The van der Waals surface area contributed by atoms with Crippen LogP contribution in [0.15, 0.2) is 42.5 Å². The summed E-state index contributed by atoms with van der Waals surface area (Å²) in [5.41, 5.74) is 7.82. The Balaban J connectivity index is 2.13. The number of amides is 1. The summed E-state index contributed by atoms with van der Waals surface area (Å²) < 4.78 is 14.2. The van der Waals surface area contributed by atoms with Gasteiger partial charge in [-0.15, -0.1) is 0 Å². The third kappa shape index (κ3) is 2.49. The lowest BCUT2D eigenvalue weighted by Gasteiger charge is -2.37. The van der Waals surface area contributed by atoms with E-state index in [1.165, 1.54) is 6.07 Å². The topological polar surface area (TPSA) is 46.3 Å². The molecular formula is C17H16ClFN2O. The van der Waals surface area contributed by atoms with E-state index in [2.05, 4.69) is 0 Å². The van der Waals surface area contributed by atoms with Gasteiger partial charge in [0.25, 0.3) is 0 Å². The summed E-state index contributed by atoms with van der Waals surface area (Å²) in [5, 5.41) is 0.268. The van der Waals surface area contributed by atoms with Crippen LogP contribution >= 0.6 is 11.6 Å². The lowest BCUT2D eigenvalue weighted by Crippen LogP contribution is -2.50. The summed E-state index contributed by atoms with van der Waals surface area (Å²) in [4.78, 5) is 14.1. The van der Waals surface area contributed by atoms with Crippen LogP contribution < -0.4 is 10.6 Å². The van der Waals surface area contributed by atoms with Crippen molar-refractivity contribution in [1.29, 1.82) is 0 Å². The predicted molar refractivity (Wildman–Crippen MR) is 85.4 cm³/mol. The van der Waals surface area contributed by atoms with Crippen LogP contribution in [-0.4, -0.2) is 11.9 Å². The van der Waals surface area contributed by atoms with E-state index in [0.717, 1.165) is 5.56 Å². The molecule has 3 rings (SSSR count). The molecule has 3 nitrogen and oxygen atoms in total. The fraction of sp³-hybridized carbons (Fsp3) is 0.235. The number of nitrogens with two attached hydrogens (primary N) is 1. The van der Waals surface area contributed by atoms with E-state index < -0.39 is 11.9 Å². The molecule has 0 spiro atoms. The molecule has 1 amide bonds.